The van der Waals surface area contributed by atoms with Crippen molar-refractivity contribution in [3.05, 3.63) is 100 Å². The first-order valence-corrected chi connectivity index (χ1v) is 11.5. The Morgan fingerprint density at radius 3 is 2.68 bits per heavy atom. The largest absolute Gasteiger partial charge is 0.464 e. The number of benzene rings is 3. The molecular weight excluding hydrogens is 435 g/mol. The third kappa shape index (κ3) is 3.94. The lowest BCUT2D eigenvalue weighted by Crippen LogP contribution is -2.20. The van der Waals surface area contributed by atoms with Gasteiger partial charge in [-0.15, -0.1) is 0 Å². The van der Waals surface area contributed by atoms with Crippen LogP contribution in [-0.2, 0) is 46.7 Å². The standard InChI is InChI=1S/C28H23FO5/c29-23-9-21(27-22(10-23)16-33-28(34-27)17-5-2-1-3-6-17)15-32-26(30)13-20-14-31-25-12-19-8-4-7-18(19)11-24(20)25/h1-3,5-6,9-12,14,28H,4,7-8,13,15-16H2. The normalized spacial score (nSPS) is 16.7. The Labute approximate surface area is 196 Å². The minimum Gasteiger partial charge on any atom is -0.464 e. The van der Waals surface area contributed by atoms with Crippen molar-refractivity contribution in [2.75, 3.05) is 0 Å². The number of rotatable bonds is 5. The molecule has 0 bridgehead atoms. The fourth-order valence-corrected chi connectivity index (χ4v) is 4.81. The van der Waals surface area contributed by atoms with Gasteiger partial charge in [-0.05, 0) is 54.7 Å². The zero-order chi connectivity index (χ0) is 23.1. The molecule has 0 saturated heterocycles. The molecule has 1 aliphatic carbocycles. The Morgan fingerprint density at radius 1 is 1.00 bits per heavy atom. The number of fused-ring (bicyclic) bond motifs is 3. The fourth-order valence-electron chi connectivity index (χ4n) is 4.81. The highest BCUT2D eigenvalue weighted by Crippen LogP contribution is 2.37. The van der Waals surface area contributed by atoms with E-state index in [0.29, 0.717) is 16.9 Å². The van der Waals surface area contributed by atoms with Crippen LogP contribution in [0.2, 0.25) is 0 Å². The van der Waals surface area contributed by atoms with Gasteiger partial charge in [0.2, 0.25) is 6.29 Å². The van der Waals surface area contributed by atoms with Gasteiger partial charge in [0.15, 0.2) is 0 Å². The van der Waals surface area contributed by atoms with Gasteiger partial charge in [0, 0.05) is 27.6 Å². The summed E-state index contributed by atoms with van der Waals surface area (Å²) in [6.45, 7) is 0.116. The van der Waals surface area contributed by atoms with Crippen LogP contribution in [0.1, 0.15) is 46.1 Å². The summed E-state index contributed by atoms with van der Waals surface area (Å²) in [5, 5.41) is 0.951. The lowest BCUT2D eigenvalue weighted by Gasteiger charge is -2.28. The van der Waals surface area contributed by atoms with E-state index in [9.17, 15) is 9.18 Å². The SMILES string of the molecule is O=C(Cc1coc2cc3c(cc12)CCC3)OCc1cc(F)cc2c1OC(c1ccccc1)OC2. The molecule has 172 valence electrons. The fraction of sp³-hybridized carbons (Fsp3) is 0.250. The van der Waals surface area contributed by atoms with E-state index in [0.717, 1.165) is 41.4 Å². The molecule has 0 saturated carbocycles. The molecule has 2 aliphatic rings. The maximum Gasteiger partial charge on any atom is 0.310 e. The quantitative estimate of drug-likeness (QED) is 0.346. The highest BCUT2D eigenvalue weighted by molar-refractivity contribution is 5.87. The van der Waals surface area contributed by atoms with Crippen LogP contribution in [0, 0.1) is 5.82 Å². The molecule has 1 aromatic heterocycles. The number of carbonyl (C=O) groups excluding carboxylic acids is 1. The van der Waals surface area contributed by atoms with Crippen molar-refractivity contribution in [1.29, 1.82) is 0 Å². The second-order valence-electron chi connectivity index (χ2n) is 8.79. The molecule has 0 N–H and O–H groups in total. The number of halogens is 1. The number of esters is 1. The van der Waals surface area contributed by atoms with Crippen molar-refractivity contribution in [2.24, 2.45) is 0 Å². The minimum atomic E-state index is -0.604. The molecule has 0 spiro atoms. The van der Waals surface area contributed by atoms with Gasteiger partial charge in [-0.3, -0.25) is 4.79 Å². The zero-order valence-corrected chi connectivity index (χ0v) is 18.5. The third-order valence-electron chi connectivity index (χ3n) is 6.49. The molecule has 0 radical (unpaired) electrons. The Bertz CT molecular complexity index is 1370. The molecule has 6 heteroatoms. The maximum absolute atomic E-state index is 14.2. The maximum atomic E-state index is 14.2. The molecule has 4 aromatic rings. The summed E-state index contributed by atoms with van der Waals surface area (Å²) >= 11 is 0. The van der Waals surface area contributed by atoms with Gasteiger partial charge >= 0.3 is 5.97 Å². The Morgan fingerprint density at radius 2 is 1.82 bits per heavy atom. The van der Waals surface area contributed by atoms with Crippen LogP contribution in [0.4, 0.5) is 4.39 Å². The Hall–Kier alpha value is -3.64. The van der Waals surface area contributed by atoms with Gasteiger partial charge in [-0.1, -0.05) is 30.3 Å². The molecule has 5 nitrogen and oxygen atoms in total. The number of aryl methyl sites for hydroxylation is 2. The number of furan rings is 1. The van der Waals surface area contributed by atoms with E-state index in [4.69, 9.17) is 18.6 Å². The first-order chi connectivity index (χ1) is 16.6. The molecule has 3 aromatic carbocycles. The summed E-state index contributed by atoms with van der Waals surface area (Å²) in [6.07, 6.45) is 4.37. The van der Waals surface area contributed by atoms with E-state index in [1.54, 1.807) is 6.26 Å². The first kappa shape index (κ1) is 20.9. The third-order valence-corrected chi connectivity index (χ3v) is 6.49. The van der Waals surface area contributed by atoms with Crippen molar-refractivity contribution in [3.63, 3.8) is 0 Å². The van der Waals surface area contributed by atoms with Crippen LogP contribution in [0.5, 0.6) is 5.75 Å². The van der Waals surface area contributed by atoms with Gasteiger partial charge in [0.05, 0.1) is 19.3 Å². The number of ether oxygens (including phenoxy) is 3. The predicted molar refractivity (Wildman–Crippen MR) is 123 cm³/mol. The number of hydrogen-bond acceptors (Lipinski definition) is 5. The summed E-state index contributed by atoms with van der Waals surface area (Å²) in [5.41, 5.74) is 6.16. The average molecular weight is 458 g/mol. The van der Waals surface area contributed by atoms with E-state index >= 15 is 0 Å². The van der Waals surface area contributed by atoms with Gasteiger partial charge < -0.3 is 18.6 Å². The summed E-state index contributed by atoms with van der Waals surface area (Å²) in [6, 6.07) is 16.5. The van der Waals surface area contributed by atoms with Gasteiger partial charge in [-0.25, -0.2) is 4.39 Å². The van der Waals surface area contributed by atoms with E-state index in [2.05, 4.69) is 12.1 Å². The van der Waals surface area contributed by atoms with Crippen molar-refractivity contribution >= 4 is 16.9 Å². The van der Waals surface area contributed by atoms with Crippen LogP contribution in [0.25, 0.3) is 11.0 Å². The highest BCUT2D eigenvalue weighted by atomic mass is 19.1. The van der Waals surface area contributed by atoms with Crippen LogP contribution in [-0.4, -0.2) is 5.97 Å². The molecule has 1 aliphatic heterocycles. The number of hydrogen-bond donors (Lipinski definition) is 0. The Kier molecular flexibility index (Phi) is 5.30. The van der Waals surface area contributed by atoms with Gasteiger partial charge in [-0.2, -0.15) is 0 Å². The summed E-state index contributed by atoms with van der Waals surface area (Å²) in [7, 11) is 0. The lowest BCUT2D eigenvalue weighted by atomic mass is 10.0. The Balaban J connectivity index is 1.18. The lowest BCUT2D eigenvalue weighted by molar-refractivity contribution is -0.144. The smallest absolute Gasteiger partial charge is 0.310 e. The highest BCUT2D eigenvalue weighted by Gasteiger charge is 2.26. The van der Waals surface area contributed by atoms with Crippen LogP contribution >= 0.6 is 0 Å². The molecule has 0 fully saturated rings. The van der Waals surface area contributed by atoms with Crippen LogP contribution in [0.3, 0.4) is 0 Å². The van der Waals surface area contributed by atoms with E-state index < -0.39 is 18.1 Å². The van der Waals surface area contributed by atoms with E-state index in [-0.39, 0.29) is 19.6 Å². The predicted octanol–water partition coefficient (Wildman–Crippen LogP) is 5.95. The summed E-state index contributed by atoms with van der Waals surface area (Å²) in [4.78, 5) is 12.7. The zero-order valence-electron chi connectivity index (χ0n) is 18.5. The second-order valence-corrected chi connectivity index (χ2v) is 8.79. The first-order valence-electron chi connectivity index (χ1n) is 11.5. The summed E-state index contributed by atoms with van der Waals surface area (Å²) in [5.74, 6) is -0.337. The average Bonchev–Trinajstić information content (AvgIpc) is 3.47. The van der Waals surface area contributed by atoms with Crippen LogP contribution < -0.4 is 4.74 Å². The number of carbonyl (C=O) groups is 1. The molecular formula is C28H23FO5. The molecule has 6 rings (SSSR count). The van der Waals surface area contributed by atoms with Crippen molar-refractivity contribution < 1.29 is 27.8 Å². The monoisotopic (exact) mass is 458 g/mol. The van der Waals surface area contributed by atoms with Gasteiger partial charge in [0.1, 0.15) is 23.8 Å². The minimum absolute atomic E-state index is 0.0832. The molecule has 0 amide bonds. The topological polar surface area (TPSA) is 57.9 Å². The summed E-state index contributed by atoms with van der Waals surface area (Å²) < 4.78 is 37.3. The second kappa shape index (κ2) is 8.61. The van der Waals surface area contributed by atoms with E-state index in [1.807, 2.05) is 30.3 Å². The van der Waals surface area contributed by atoms with Crippen molar-refractivity contribution in [2.45, 2.75) is 45.2 Å². The molecule has 34 heavy (non-hydrogen) atoms. The van der Waals surface area contributed by atoms with Crippen molar-refractivity contribution in [3.8, 4) is 5.75 Å². The molecule has 2 heterocycles. The van der Waals surface area contributed by atoms with Crippen LogP contribution in [0.15, 0.2) is 65.3 Å². The van der Waals surface area contributed by atoms with E-state index in [1.165, 1.54) is 23.3 Å². The van der Waals surface area contributed by atoms with Gasteiger partial charge in [0.25, 0.3) is 0 Å². The van der Waals surface area contributed by atoms with Crippen molar-refractivity contribution in [1.82, 2.24) is 0 Å². The molecule has 1 unspecified atom stereocenters. The molecule has 1 atom stereocenters.